The lowest BCUT2D eigenvalue weighted by Crippen LogP contribution is -2.31. The summed E-state index contributed by atoms with van der Waals surface area (Å²) in [5.41, 5.74) is 8.27. The highest BCUT2D eigenvalue weighted by Gasteiger charge is 2.15. The summed E-state index contributed by atoms with van der Waals surface area (Å²) in [5.74, 6) is -0.101. The number of anilines is 2. The monoisotopic (exact) mass is 303 g/mol. The van der Waals surface area contributed by atoms with Crippen molar-refractivity contribution in [1.82, 2.24) is 5.32 Å². The van der Waals surface area contributed by atoms with Gasteiger partial charge >= 0.3 is 0 Å². The molecule has 0 aliphatic heterocycles. The van der Waals surface area contributed by atoms with Crippen molar-refractivity contribution in [3.63, 3.8) is 0 Å². The molecule has 1 heterocycles. The molecule has 0 fully saturated rings. The van der Waals surface area contributed by atoms with Gasteiger partial charge in [0.05, 0.1) is 11.4 Å². The van der Waals surface area contributed by atoms with Crippen molar-refractivity contribution in [3.8, 4) is 0 Å². The molecule has 0 radical (unpaired) electrons. The fraction of sp³-hybridized carbons (Fsp3) is 0.312. The van der Waals surface area contributed by atoms with Crippen molar-refractivity contribution in [2.24, 2.45) is 0 Å². The van der Waals surface area contributed by atoms with E-state index < -0.39 is 0 Å². The van der Waals surface area contributed by atoms with Crippen LogP contribution in [0, 0.1) is 0 Å². The van der Waals surface area contributed by atoms with E-state index in [1.54, 1.807) is 30.5 Å². The Morgan fingerprint density at radius 2 is 2.19 bits per heavy atom. The van der Waals surface area contributed by atoms with E-state index in [0.717, 1.165) is 12.1 Å². The molecular weight excluding hydrogens is 282 g/mol. The molecule has 0 saturated heterocycles. The lowest BCUT2D eigenvalue weighted by Gasteiger charge is -2.28. The fourth-order valence-electron chi connectivity index (χ4n) is 2.23. The number of nitrogens with two attached hydrogens (primary N) is 1. The van der Waals surface area contributed by atoms with Crippen LogP contribution in [0.4, 0.5) is 11.4 Å². The summed E-state index contributed by atoms with van der Waals surface area (Å²) in [6, 6.07) is 9.88. The molecular formula is C16H21N3OS. The van der Waals surface area contributed by atoms with E-state index in [4.69, 9.17) is 5.73 Å². The van der Waals surface area contributed by atoms with Crippen molar-refractivity contribution >= 4 is 28.6 Å². The Morgan fingerprint density at radius 1 is 1.43 bits per heavy atom. The van der Waals surface area contributed by atoms with Crippen molar-refractivity contribution < 1.29 is 4.79 Å². The SMILES string of the molecule is CNC(=O)c1ccc(N)c(N(C)C(C)Cc2cccs2)c1. The van der Waals surface area contributed by atoms with E-state index in [0.29, 0.717) is 17.3 Å². The lowest BCUT2D eigenvalue weighted by atomic mass is 10.1. The number of hydrogen-bond donors (Lipinski definition) is 2. The van der Waals surface area contributed by atoms with Gasteiger partial charge in [-0.15, -0.1) is 11.3 Å². The number of amides is 1. The molecule has 2 aromatic rings. The molecule has 2 rings (SSSR count). The molecule has 112 valence electrons. The summed E-state index contributed by atoms with van der Waals surface area (Å²) < 4.78 is 0. The van der Waals surface area contributed by atoms with Crippen LogP contribution >= 0.6 is 11.3 Å². The molecule has 4 nitrogen and oxygen atoms in total. The Morgan fingerprint density at radius 3 is 2.81 bits per heavy atom. The first kappa shape index (κ1) is 15.4. The standard InChI is InChI=1S/C16H21N3OS/c1-11(9-13-5-4-8-21-13)19(3)15-10-12(16(20)18-2)6-7-14(15)17/h4-8,10-11H,9,17H2,1-3H3,(H,18,20). The van der Waals surface area contributed by atoms with E-state index in [1.165, 1.54) is 4.88 Å². The van der Waals surface area contributed by atoms with E-state index in [9.17, 15) is 4.79 Å². The van der Waals surface area contributed by atoms with Gasteiger partial charge in [0.1, 0.15) is 0 Å². The van der Waals surface area contributed by atoms with Gasteiger partial charge < -0.3 is 16.0 Å². The number of benzene rings is 1. The Kier molecular flexibility index (Phi) is 4.85. The van der Waals surface area contributed by atoms with Gasteiger partial charge in [-0.2, -0.15) is 0 Å². The molecule has 1 amide bonds. The van der Waals surface area contributed by atoms with Crippen LogP contribution in [-0.2, 0) is 6.42 Å². The maximum Gasteiger partial charge on any atom is 0.251 e. The van der Waals surface area contributed by atoms with Crippen LogP contribution in [0.15, 0.2) is 35.7 Å². The maximum absolute atomic E-state index is 11.8. The van der Waals surface area contributed by atoms with Gasteiger partial charge in [0.15, 0.2) is 0 Å². The zero-order valence-electron chi connectivity index (χ0n) is 12.6. The summed E-state index contributed by atoms with van der Waals surface area (Å²) in [6.07, 6.45) is 0.956. The Balaban J connectivity index is 2.21. The quantitative estimate of drug-likeness (QED) is 0.835. The van der Waals surface area contributed by atoms with Crippen molar-refractivity contribution in [3.05, 3.63) is 46.2 Å². The summed E-state index contributed by atoms with van der Waals surface area (Å²) >= 11 is 1.76. The molecule has 1 unspecified atom stereocenters. The molecule has 0 saturated carbocycles. The van der Waals surface area contributed by atoms with E-state index >= 15 is 0 Å². The molecule has 1 aromatic heterocycles. The van der Waals surface area contributed by atoms with E-state index in [2.05, 4.69) is 34.7 Å². The van der Waals surface area contributed by atoms with Gasteiger partial charge in [-0.25, -0.2) is 0 Å². The predicted octanol–water partition coefficient (Wildman–Crippen LogP) is 2.76. The molecule has 3 N–H and O–H groups in total. The first-order valence-electron chi connectivity index (χ1n) is 6.89. The van der Waals surface area contributed by atoms with Gasteiger partial charge in [0.25, 0.3) is 5.91 Å². The fourth-order valence-corrected chi connectivity index (χ4v) is 3.06. The number of nitrogens with one attached hydrogen (secondary N) is 1. The number of carbonyl (C=O) groups excluding carboxylic acids is 1. The third-order valence-electron chi connectivity index (χ3n) is 3.64. The van der Waals surface area contributed by atoms with Crippen LogP contribution in [0.5, 0.6) is 0 Å². The molecule has 1 aromatic carbocycles. The van der Waals surface area contributed by atoms with Gasteiger partial charge in [-0.05, 0) is 36.6 Å². The highest BCUT2D eigenvalue weighted by Crippen LogP contribution is 2.26. The van der Waals surface area contributed by atoms with Crippen LogP contribution in [0.3, 0.4) is 0 Å². The second-order valence-corrected chi connectivity index (χ2v) is 6.13. The second-order valence-electron chi connectivity index (χ2n) is 5.10. The molecule has 5 heteroatoms. The van der Waals surface area contributed by atoms with Crippen LogP contribution in [0.25, 0.3) is 0 Å². The average molecular weight is 303 g/mol. The third-order valence-corrected chi connectivity index (χ3v) is 4.54. The van der Waals surface area contributed by atoms with Crippen LogP contribution in [0.1, 0.15) is 22.2 Å². The van der Waals surface area contributed by atoms with Gasteiger partial charge in [-0.1, -0.05) is 6.07 Å². The second kappa shape index (κ2) is 6.63. The predicted molar refractivity (Wildman–Crippen MR) is 90.1 cm³/mol. The largest absolute Gasteiger partial charge is 0.397 e. The highest BCUT2D eigenvalue weighted by molar-refractivity contribution is 7.09. The molecule has 0 bridgehead atoms. The Bertz CT molecular complexity index is 610. The maximum atomic E-state index is 11.8. The van der Waals surface area contributed by atoms with Gasteiger partial charge in [0, 0.05) is 37.0 Å². The zero-order chi connectivity index (χ0) is 15.4. The minimum absolute atomic E-state index is 0.101. The molecule has 21 heavy (non-hydrogen) atoms. The van der Waals surface area contributed by atoms with Crippen molar-refractivity contribution in [1.29, 1.82) is 0 Å². The lowest BCUT2D eigenvalue weighted by molar-refractivity contribution is 0.0963. The van der Waals surface area contributed by atoms with Crippen LogP contribution in [-0.4, -0.2) is 26.0 Å². The van der Waals surface area contributed by atoms with E-state index in [1.807, 2.05) is 13.1 Å². The Labute approximate surface area is 129 Å². The number of rotatable bonds is 5. The number of nitrogen functional groups attached to an aromatic ring is 1. The smallest absolute Gasteiger partial charge is 0.251 e. The van der Waals surface area contributed by atoms with Crippen molar-refractivity contribution in [2.45, 2.75) is 19.4 Å². The summed E-state index contributed by atoms with van der Waals surface area (Å²) in [5, 5.41) is 4.72. The highest BCUT2D eigenvalue weighted by atomic mass is 32.1. The van der Waals surface area contributed by atoms with Gasteiger partial charge in [0.2, 0.25) is 0 Å². The normalized spacial score (nSPS) is 12.0. The number of hydrogen-bond acceptors (Lipinski definition) is 4. The van der Waals surface area contributed by atoms with E-state index in [-0.39, 0.29) is 5.91 Å². The minimum atomic E-state index is -0.101. The zero-order valence-corrected chi connectivity index (χ0v) is 13.4. The average Bonchev–Trinajstić information content (AvgIpc) is 2.99. The Hall–Kier alpha value is -2.01. The summed E-state index contributed by atoms with van der Waals surface area (Å²) in [6.45, 7) is 2.16. The van der Waals surface area contributed by atoms with Crippen LogP contribution in [0.2, 0.25) is 0 Å². The molecule has 0 aliphatic carbocycles. The summed E-state index contributed by atoms with van der Waals surface area (Å²) in [7, 11) is 3.64. The van der Waals surface area contributed by atoms with Gasteiger partial charge in [-0.3, -0.25) is 4.79 Å². The number of nitrogens with zero attached hydrogens (tertiary/aromatic N) is 1. The summed E-state index contributed by atoms with van der Waals surface area (Å²) in [4.78, 5) is 15.2. The molecule has 0 spiro atoms. The third kappa shape index (κ3) is 3.55. The van der Waals surface area contributed by atoms with Crippen molar-refractivity contribution in [2.75, 3.05) is 24.7 Å². The first-order chi connectivity index (χ1) is 10.0. The number of carbonyl (C=O) groups is 1. The first-order valence-corrected chi connectivity index (χ1v) is 7.77. The van der Waals surface area contributed by atoms with Crippen LogP contribution < -0.4 is 16.0 Å². The molecule has 1 atom stereocenters. The molecule has 0 aliphatic rings. The topological polar surface area (TPSA) is 58.4 Å². The minimum Gasteiger partial charge on any atom is -0.397 e. The number of thiophene rings is 1. The number of likely N-dealkylation sites (N-methyl/N-ethyl adjacent to an activating group) is 1.